The second-order valence-corrected chi connectivity index (χ2v) is 5.83. The summed E-state index contributed by atoms with van der Waals surface area (Å²) in [5.41, 5.74) is 6.47. The maximum absolute atomic E-state index is 12.1. The van der Waals surface area contributed by atoms with Crippen molar-refractivity contribution in [2.45, 2.75) is 44.6 Å². The van der Waals surface area contributed by atoms with Crippen LogP contribution in [-0.2, 0) is 20.8 Å². The molecule has 1 fully saturated rings. The highest BCUT2D eigenvalue weighted by Crippen LogP contribution is 2.24. The zero-order chi connectivity index (χ0) is 15.9. The third-order valence-corrected chi connectivity index (χ3v) is 4.10. The Morgan fingerprint density at radius 3 is 2.64 bits per heavy atom. The van der Waals surface area contributed by atoms with Crippen LogP contribution in [0.2, 0.25) is 0 Å². The van der Waals surface area contributed by atoms with E-state index in [4.69, 9.17) is 5.73 Å². The van der Waals surface area contributed by atoms with E-state index in [1.54, 1.807) is 0 Å². The van der Waals surface area contributed by atoms with E-state index in [1.807, 2.05) is 30.3 Å². The van der Waals surface area contributed by atoms with Gasteiger partial charge in [-0.2, -0.15) is 0 Å². The maximum Gasteiger partial charge on any atom is 0.240 e. The van der Waals surface area contributed by atoms with Gasteiger partial charge in [-0.3, -0.25) is 14.4 Å². The highest BCUT2D eigenvalue weighted by Gasteiger charge is 2.31. The molecule has 1 aliphatic rings. The number of hydrogen-bond acceptors (Lipinski definition) is 3. The summed E-state index contributed by atoms with van der Waals surface area (Å²) in [6.07, 6.45) is 3.30. The molecule has 22 heavy (non-hydrogen) atoms. The van der Waals surface area contributed by atoms with Crippen LogP contribution in [0.3, 0.4) is 0 Å². The summed E-state index contributed by atoms with van der Waals surface area (Å²) in [5.74, 6) is -0.793. The number of nitrogens with one attached hydrogen (secondary N) is 1. The predicted molar refractivity (Wildman–Crippen MR) is 82.9 cm³/mol. The van der Waals surface area contributed by atoms with E-state index in [9.17, 15) is 14.4 Å². The second kappa shape index (κ2) is 7.73. The molecule has 1 aliphatic carbocycles. The monoisotopic (exact) mass is 302 g/mol. The second-order valence-electron chi connectivity index (χ2n) is 5.83. The van der Waals surface area contributed by atoms with Crippen molar-refractivity contribution >= 4 is 17.6 Å². The summed E-state index contributed by atoms with van der Waals surface area (Å²) in [6, 6.07) is 8.94. The summed E-state index contributed by atoms with van der Waals surface area (Å²) in [7, 11) is 0. The number of ketones is 1. The minimum atomic E-state index is -0.743. The fraction of sp³-hybridized carbons (Fsp3) is 0.471. The van der Waals surface area contributed by atoms with Gasteiger partial charge >= 0.3 is 0 Å². The van der Waals surface area contributed by atoms with E-state index in [1.165, 1.54) is 0 Å². The van der Waals surface area contributed by atoms with Crippen molar-refractivity contribution in [3.63, 3.8) is 0 Å². The lowest BCUT2D eigenvalue weighted by atomic mass is 9.83. The van der Waals surface area contributed by atoms with Gasteiger partial charge in [0.1, 0.15) is 11.8 Å². The lowest BCUT2D eigenvalue weighted by molar-refractivity contribution is -0.130. The van der Waals surface area contributed by atoms with Crippen LogP contribution in [0.25, 0.3) is 0 Å². The van der Waals surface area contributed by atoms with Crippen molar-refractivity contribution in [1.29, 1.82) is 0 Å². The fourth-order valence-corrected chi connectivity index (χ4v) is 2.91. The summed E-state index contributed by atoms with van der Waals surface area (Å²) in [4.78, 5) is 35.2. The highest BCUT2D eigenvalue weighted by molar-refractivity contribution is 5.88. The van der Waals surface area contributed by atoms with Crippen molar-refractivity contribution < 1.29 is 14.4 Å². The molecule has 1 saturated carbocycles. The van der Waals surface area contributed by atoms with Gasteiger partial charge in [0.05, 0.1) is 0 Å². The first-order valence-electron chi connectivity index (χ1n) is 7.70. The van der Waals surface area contributed by atoms with E-state index in [2.05, 4.69) is 5.32 Å². The third-order valence-electron chi connectivity index (χ3n) is 4.10. The molecule has 2 atom stereocenters. The van der Waals surface area contributed by atoms with Gasteiger partial charge in [0.15, 0.2) is 0 Å². The SMILES string of the molecule is NC(=O)[C@H](NC(=O)CCc1ccccc1)[C@@H]1CCCC(=O)C1. The molecule has 5 nitrogen and oxygen atoms in total. The molecule has 3 N–H and O–H groups in total. The zero-order valence-corrected chi connectivity index (χ0v) is 12.6. The molecule has 0 heterocycles. The van der Waals surface area contributed by atoms with Crippen LogP contribution in [0.15, 0.2) is 30.3 Å². The van der Waals surface area contributed by atoms with Crippen LogP contribution in [0.4, 0.5) is 0 Å². The predicted octanol–water partition coefficient (Wildman–Crippen LogP) is 1.35. The van der Waals surface area contributed by atoms with E-state index in [-0.39, 0.29) is 17.6 Å². The first-order valence-corrected chi connectivity index (χ1v) is 7.70. The number of aryl methyl sites for hydroxylation is 1. The number of carbonyl (C=O) groups excluding carboxylic acids is 3. The van der Waals surface area contributed by atoms with E-state index >= 15 is 0 Å². The van der Waals surface area contributed by atoms with E-state index in [0.29, 0.717) is 25.7 Å². The van der Waals surface area contributed by atoms with Crippen molar-refractivity contribution in [3.8, 4) is 0 Å². The highest BCUT2D eigenvalue weighted by atomic mass is 16.2. The van der Waals surface area contributed by atoms with Crippen molar-refractivity contribution in [2.24, 2.45) is 11.7 Å². The molecule has 5 heteroatoms. The number of amides is 2. The molecule has 0 aromatic heterocycles. The van der Waals surface area contributed by atoms with Crippen LogP contribution in [0.1, 0.15) is 37.7 Å². The summed E-state index contributed by atoms with van der Waals surface area (Å²) in [6.45, 7) is 0. The first kappa shape index (κ1) is 16.2. The van der Waals surface area contributed by atoms with Gasteiger partial charge in [-0.1, -0.05) is 30.3 Å². The van der Waals surface area contributed by atoms with Crippen molar-refractivity contribution in [1.82, 2.24) is 5.32 Å². The molecule has 2 rings (SSSR count). The van der Waals surface area contributed by atoms with Gasteiger partial charge in [0.25, 0.3) is 0 Å². The Hall–Kier alpha value is -2.17. The van der Waals surface area contributed by atoms with E-state index < -0.39 is 11.9 Å². The number of Topliss-reactive ketones (excluding diaryl/α,β-unsaturated/α-hetero) is 1. The molecule has 0 radical (unpaired) electrons. The quantitative estimate of drug-likeness (QED) is 0.831. The van der Waals surface area contributed by atoms with Crippen LogP contribution in [-0.4, -0.2) is 23.6 Å². The van der Waals surface area contributed by atoms with Gasteiger partial charge < -0.3 is 11.1 Å². The molecular formula is C17H22N2O3. The van der Waals surface area contributed by atoms with Crippen LogP contribution in [0, 0.1) is 5.92 Å². The number of nitrogens with two attached hydrogens (primary N) is 1. The van der Waals surface area contributed by atoms with Crippen LogP contribution < -0.4 is 11.1 Å². The summed E-state index contributed by atoms with van der Waals surface area (Å²) < 4.78 is 0. The minimum Gasteiger partial charge on any atom is -0.368 e. The Morgan fingerprint density at radius 2 is 2.00 bits per heavy atom. The first-order chi connectivity index (χ1) is 10.6. The fourth-order valence-electron chi connectivity index (χ4n) is 2.91. The Kier molecular flexibility index (Phi) is 5.69. The molecule has 0 unspecified atom stereocenters. The van der Waals surface area contributed by atoms with E-state index in [0.717, 1.165) is 18.4 Å². The Bertz CT molecular complexity index is 542. The zero-order valence-electron chi connectivity index (χ0n) is 12.6. The summed E-state index contributed by atoms with van der Waals surface area (Å²) >= 11 is 0. The molecular weight excluding hydrogens is 280 g/mol. The molecule has 0 bridgehead atoms. The Labute approximate surface area is 130 Å². The Morgan fingerprint density at radius 1 is 1.27 bits per heavy atom. The molecule has 118 valence electrons. The van der Waals surface area contributed by atoms with Crippen molar-refractivity contribution in [3.05, 3.63) is 35.9 Å². The number of benzene rings is 1. The minimum absolute atomic E-state index is 0.140. The lowest BCUT2D eigenvalue weighted by Gasteiger charge is -2.28. The number of hydrogen-bond donors (Lipinski definition) is 2. The number of carbonyl (C=O) groups is 3. The standard InChI is InChI=1S/C17H22N2O3/c18-17(22)16(13-7-4-8-14(20)11-13)19-15(21)10-9-12-5-2-1-3-6-12/h1-3,5-6,13,16H,4,7-11H2,(H2,18,22)(H,19,21)/t13-,16-/m1/s1. The summed E-state index contributed by atoms with van der Waals surface area (Å²) in [5, 5.41) is 2.71. The van der Waals surface area contributed by atoms with Gasteiger partial charge in [-0.15, -0.1) is 0 Å². The van der Waals surface area contributed by atoms with Crippen LogP contribution in [0.5, 0.6) is 0 Å². The maximum atomic E-state index is 12.1. The smallest absolute Gasteiger partial charge is 0.240 e. The average molecular weight is 302 g/mol. The molecule has 0 aliphatic heterocycles. The van der Waals surface area contributed by atoms with Gasteiger partial charge in [0, 0.05) is 19.3 Å². The Balaban J connectivity index is 1.88. The van der Waals surface area contributed by atoms with Gasteiger partial charge in [-0.05, 0) is 30.7 Å². The third kappa shape index (κ3) is 4.69. The molecule has 0 spiro atoms. The largest absolute Gasteiger partial charge is 0.368 e. The topological polar surface area (TPSA) is 89.3 Å². The van der Waals surface area contributed by atoms with Crippen LogP contribution >= 0.6 is 0 Å². The molecule has 0 saturated heterocycles. The van der Waals surface area contributed by atoms with Gasteiger partial charge in [-0.25, -0.2) is 0 Å². The van der Waals surface area contributed by atoms with Crippen molar-refractivity contribution in [2.75, 3.05) is 0 Å². The number of rotatable bonds is 6. The average Bonchev–Trinajstić information content (AvgIpc) is 2.51. The normalized spacial score (nSPS) is 19.5. The lowest BCUT2D eigenvalue weighted by Crippen LogP contribution is -2.50. The van der Waals surface area contributed by atoms with Gasteiger partial charge in [0.2, 0.25) is 11.8 Å². The molecule has 1 aromatic carbocycles. The molecule has 1 aromatic rings. The number of primary amides is 1. The molecule has 2 amide bonds.